The molecule has 4 heterocycles. The van der Waals surface area contributed by atoms with E-state index in [-0.39, 0.29) is 35.9 Å². The summed E-state index contributed by atoms with van der Waals surface area (Å²) in [7, 11) is 0. The Morgan fingerprint density at radius 2 is 1.88 bits per heavy atom. The second-order valence-electron chi connectivity index (χ2n) is 8.34. The first kappa shape index (κ1) is 22.9. The van der Waals surface area contributed by atoms with E-state index in [1.807, 2.05) is 18.7 Å². The van der Waals surface area contributed by atoms with Crippen molar-refractivity contribution >= 4 is 23.6 Å². The zero-order valence-electron chi connectivity index (χ0n) is 18.6. The molecule has 0 saturated carbocycles. The van der Waals surface area contributed by atoms with Crippen LogP contribution in [0.4, 0.5) is 24.9 Å². The van der Waals surface area contributed by atoms with Gasteiger partial charge in [-0.15, -0.1) is 0 Å². The van der Waals surface area contributed by atoms with Gasteiger partial charge in [0.2, 0.25) is 17.6 Å². The highest BCUT2D eigenvalue weighted by molar-refractivity contribution is 5.98. The van der Waals surface area contributed by atoms with Gasteiger partial charge in [-0.1, -0.05) is 0 Å². The summed E-state index contributed by atoms with van der Waals surface area (Å²) in [6.07, 6.45) is -4.56. The average Bonchev–Trinajstić information content (AvgIpc) is 3.37. The number of anilines is 2. The van der Waals surface area contributed by atoms with Crippen LogP contribution in [-0.4, -0.2) is 63.8 Å². The number of nitrogens with zero attached hydrogens (tertiary/aromatic N) is 5. The maximum absolute atomic E-state index is 12.9. The highest BCUT2D eigenvalue weighted by Crippen LogP contribution is 2.33. The zero-order chi connectivity index (χ0) is 23.9. The van der Waals surface area contributed by atoms with Gasteiger partial charge in [0.05, 0.1) is 13.1 Å². The molecule has 2 aromatic rings. The molecule has 1 fully saturated rings. The summed E-state index contributed by atoms with van der Waals surface area (Å²) in [4.78, 5) is 39.0. The van der Waals surface area contributed by atoms with Gasteiger partial charge in [0.25, 0.3) is 5.91 Å². The van der Waals surface area contributed by atoms with E-state index in [0.29, 0.717) is 50.1 Å². The Hall–Kier alpha value is -3.31. The van der Waals surface area contributed by atoms with Crippen molar-refractivity contribution in [2.75, 3.05) is 36.4 Å². The summed E-state index contributed by atoms with van der Waals surface area (Å²) in [6, 6.07) is 2.08. The van der Waals surface area contributed by atoms with Crippen LogP contribution in [0.15, 0.2) is 16.5 Å². The number of piperazine rings is 1. The van der Waals surface area contributed by atoms with Crippen LogP contribution in [0.25, 0.3) is 0 Å². The van der Waals surface area contributed by atoms with E-state index in [4.69, 9.17) is 4.42 Å². The number of hydrogen-bond donors (Lipinski definition) is 1. The van der Waals surface area contributed by atoms with Crippen LogP contribution in [0, 0.1) is 0 Å². The van der Waals surface area contributed by atoms with E-state index in [1.54, 1.807) is 9.80 Å². The lowest BCUT2D eigenvalue weighted by molar-refractivity contribution is -0.153. The number of furan rings is 1. The number of aromatic nitrogens is 2. The molecule has 178 valence electrons. The van der Waals surface area contributed by atoms with Gasteiger partial charge in [-0.3, -0.25) is 9.59 Å². The highest BCUT2D eigenvalue weighted by Gasteiger charge is 2.36. The summed E-state index contributed by atoms with van der Waals surface area (Å²) in [6.45, 7) is 7.61. The largest absolute Gasteiger partial charge is 0.455 e. The summed E-state index contributed by atoms with van der Waals surface area (Å²) in [5.41, 5.74) is 0.878. The van der Waals surface area contributed by atoms with Crippen molar-refractivity contribution in [3.63, 3.8) is 0 Å². The Balaban J connectivity index is 1.60. The van der Waals surface area contributed by atoms with E-state index in [2.05, 4.69) is 15.3 Å². The van der Waals surface area contributed by atoms with Gasteiger partial charge in [-0.2, -0.15) is 18.2 Å². The lowest BCUT2D eigenvalue weighted by Crippen LogP contribution is -2.48. The number of hydrogen-bond acceptors (Lipinski definition) is 7. The van der Waals surface area contributed by atoms with Gasteiger partial charge in [0, 0.05) is 44.7 Å². The molecule has 2 aliphatic rings. The van der Waals surface area contributed by atoms with Gasteiger partial charge >= 0.3 is 6.18 Å². The first-order valence-electron chi connectivity index (χ1n) is 10.7. The van der Waals surface area contributed by atoms with Crippen molar-refractivity contribution < 1.29 is 27.2 Å². The Labute approximate surface area is 188 Å². The van der Waals surface area contributed by atoms with Crippen molar-refractivity contribution in [3.8, 4) is 0 Å². The number of amides is 2. The molecule has 0 bridgehead atoms. The van der Waals surface area contributed by atoms with Crippen LogP contribution in [0.2, 0.25) is 0 Å². The van der Waals surface area contributed by atoms with Crippen LogP contribution in [0.1, 0.15) is 48.3 Å². The molecule has 2 amide bonds. The molecule has 0 atom stereocenters. The highest BCUT2D eigenvalue weighted by atomic mass is 19.4. The first-order chi connectivity index (χ1) is 15.5. The summed E-state index contributed by atoms with van der Waals surface area (Å²) < 4.78 is 43.4. The Kier molecular flexibility index (Phi) is 5.93. The maximum Gasteiger partial charge on any atom is 0.449 e. The predicted molar refractivity (Wildman–Crippen MR) is 113 cm³/mol. The molecule has 1 saturated heterocycles. The quantitative estimate of drug-likeness (QED) is 0.724. The fourth-order valence-electron chi connectivity index (χ4n) is 3.90. The van der Waals surface area contributed by atoms with Gasteiger partial charge in [-0.25, -0.2) is 4.98 Å². The molecule has 0 spiro atoms. The van der Waals surface area contributed by atoms with Crippen molar-refractivity contribution in [1.82, 2.24) is 19.8 Å². The van der Waals surface area contributed by atoms with Crippen molar-refractivity contribution in [2.24, 2.45) is 0 Å². The minimum atomic E-state index is -4.56. The van der Waals surface area contributed by atoms with Crippen molar-refractivity contribution in [3.05, 3.63) is 34.9 Å². The second kappa shape index (κ2) is 8.56. The third kappa shape index (κ3) is 4.60. The van der Waals surface area contributed by atoms with E-state index in [0.717, 1.165) is 6.07 Å². The first-order valence-corrected chi connectivity index (χ1v) is 10.7. The number of halogens is 3. The van der Waals surface area contributed by atoms with E-state index in [9.17, 15) is 22.8 Å². The number of carbonyl (C=O) groups excluding carboxylic acids is 2. The topological polar surface area (TPSA) is 94.8 Å². The van der Waals surface area contributed by atoms with Crippen LogP contribution in [-0.2, 0) is 24.1 Å². The molecular formula is C21H25F3N6O3. The molecule has 4 rings (SSSR count). The van der Waals surface area contributed by atoms with Crippen molar-refractivity contribution in [1.29, 1.82) is 0 Å². The van der Waals surface area contributed by atoms with Crippen molar-refractivity contribution in [2.45, 2.75) is 46.1 Å². The standard InChI is InChI=1S/C21H25F3N6O3/c1-12(2)30-11-15-17(19(30)32)26-20(29-8-6-28(7-9-29)13(3)31)27-18(15)25-10-14-4-5-16(33-14)21(22,23)24/h4-5,12H,6-11H2,1-3H3,(H,25,26,27). The lowest BCUT2D eigenvalue weighted by Gasteiger charge is -2.34. The molecule has 9 nitrogen and oxygen atoms in total. The number of rotatable bonds is 5. The summed E-state index contributed by atoms with van der Waals surface area (Å²) in [5.74, 6) is -0.481. The third-order valence-corrected chi connectivity index (χ3v) is 5.79. The third-order valence-electron chi connectivity index (χ3n) is 5.79. The van der Waals surface area contributed by atoms with Gasteiger partial charge in [-0.05, 0) is 26.0 Å². The summed E-state index contributed by atoms with van der Waals surface area (Å²) in [5, 5.41) is 3.03. The number of nitrogens with one attached hydrogen (secondary N) is 1. The van der Waals surface area contributed by atoms with Gasteiger partial charge < -0.3 is 24.4 Å². The predicted octanol–water partition coefficient (Wildman–Crippen LogP) is 2.73. The number of alkyl halides is 3. The molecule has 12 heteroatoms. The molecule has 0 aliphatic carbocycles. The fourth-order valence-corrected chi connectivity index (χ4v) is 3.90. The number of carbonyl (C=O) groups is 2. The Morgan fingerprint density at radius 1 is 1.18 bits per heavy atom. The molecule has 0 unspecified atom stereocenters. The van der Waals surface area contributed by atoms with Crippen LogP contribution < -0.4 is 10.2 Å². The maximum atomic E-state index is 12.9. The van der Waals surface area contributed by atoms with Crippen LogP contribution in [0.3, 0.4) is 0 Å². The number of fused-ring (bicyclic) bond motifs is 1. The zero-order valence-corrected chi connectivity index (χ0v) is 18.6. The second-order valence-corrected chi connectivity index (χ2v) is 8.34. The SMILES string of the molecule is CC(=O)N1CCN(c2nc(NCc3ccc(C(F)(F)F)o3)c3c(n2)C(=O)N(C(C)C)C3)CC1. The van der Waals surface area contributed by atoms with E-state index >= 15 is 0 Å². The van der Waals surface area contributed by atoms with E-state index < -0.39 is 11.9 Å². The summed E-state index contributed by atoms with van der Waals surface area (Å²) >= 11 is 0. The normalized spacial score (nSPS) is 16.6. The smallest absolute Gasteiger partial charge is 0.449 e. The molecule has 2 aromatic heterocycles. The molecule has 1 N–H and O–H groups in total. The minimum absolute atomic E-state index is 0.00805. The Bertz CT molecular complexity index is 1060. The lowest BCUT2D eigenvalue weighted by atomic mass is 10.2. The monoisotopic (exact) mass is 466 g/mol. The van der Waals surface area contributed by atoms with Gasteiger partial charge in [0.15, 0.2) is 0 Å². The minimum Gasteiger partial charge on any atom is -0.455 e. The van der Waals surface area contributed by atoms with E-state index in [1.165, 1.54) is 13.0 Å². The molecule has 0 aromatic carbocycles. The molecule has 33 heavy (non-hydrogen) atoms. The Morgan fingerprint density at radius 3 is 2.45 bits per heavy atom. The molecule has 2 aliphatic heterocycles. The van der Waals surface area contributed by atoms with Crippen LogP contribution in [0.5, 0.6) is 0 Å². The molecular weight excluding hydrogens is 441 g/mol. The van der Waals surface area contributed by atoms with Gasteiger partial charge in [0.1, 0.15) is 17.3 Å². The van der Waals surface area contributed by atoms with Crippen LogP contribution >= 0.6 is 0 Å². The molecule has 0 radical (unpaired) electrons. The fraction of sp³-hybridized carbons (Fsp3) is 0.524. The average molecular weight is 466 g/mol.